The van der Waals surface area contributed by atoms with Gasteiger partial charge in [0, 0.05) is 54.5 Å². The maximum Gasteiger partial charge on any atom is 0.182 e. The standard InChI is InChI=1S/C55H85N3O12/c1-4-7-30-10-12-33-39(16-11-30)70-49-42(33)37(62)9-5-20-55(49,69)50(3,66)40-19-22-54(68)44-45(57-27-29(2)61)47(65)43-34-13-15-35-31(32-14-17-41(56)58-36(32)8-6-24-59)18-21-52(67,28-51(40,54)23-25-60)48(44)53(35,43)26-38(63)46(34)64/h14,17-18,21,29-31,33-35,37-43,46,48-49,57-64,66-69H,4-13,15-16,19-20,22-28,56H2,1-3H3. The Morgan fingerprint density at radius 1 is 0.971 bits per heavy atom. The van der Waals surface area contributed by atoms with Gasteiger partial charge >= 0.3 is 0 Å². The first-order valence-electron chi connectivity index (χ1n) is 27.4. The first-order valence-corrected chi connectivity index (χ1v) is 27.4. The van der Waals surface area contributed by atoms with Crippen LogP contribution in [0.5, 0.6) is 0 Å². The monoisotopic (exact) mass is 980 g/mol. The lowest BCUT2D eigenvalue weighted by molar-refractivity contribution is -0.273. The number of hydrogen-bond donors (Lipinski definition) is 13. The summed E-state index contributed by atoms with van der Waals surface area (Å²) in [5, 5.41) is 131. The maximum atomic E-state index is 16.0. The maximum absolute atomic E-state index is 16.0. The van der Waals surface area contributed by atoms with E-state index in [0.717, 1.165) is 49.8 Å². The summed E-state index contributed by atoms with van der Waals surface area (Å²) in [6, 6.07) is 0. The third-order valence-corrected chi connectivity index (χ3v) is 21.3. The lowest BCUT2D eigenvalue weighted by Gasteiger charge is -2.70. The van der Waals surface area contributed by atoms with Gasteiger partial charge in [-0.05, 0) is 162 Å². The molecule has 2 aliphatic heterocycles. The van der Waals surface area contributed by atoms with Crippen molar-refractivity contribution in [3.63, 3.8) is 0 Å². The molecule has 2 bridgehead atoms. The van der Waals surface area contributed by atoms with Gasteiger partial charge < -0.3 is 72.2 Å². The minimum absolute atomic E-state index is 0.00869. The predicted molar refractivity (Wildman–Crippen MR) is 260 cm³/mol. The van der Waals surface area contributed by atoms with E-state index in [1.54, 1.807) is 19.9 Å². The molecule has 392 valence electrons. The van der Waals surface area contributed by atoms with Crippen LogP contribution in [0.2, 0.25) is 0 Å². The Morgan fingerprint density at radius 2 is 1.73 bits per heavy atom. The molecule has 1 saturated heterocycles. The topological polar surface area (TPSA) is 279 Å². The Morgan fingerprint density at radius 3 is 2.46 bits per heavy atom. The molecular formula is C55H85N3O12. The van der Waals surface area contributed by atoms with Gasteiger partial charge in [-0.1, -0.05) is 44.4 Å². The SMILES string of the molecule is CCCC1CCC2OC3C(C(O)CCCC3(O)C(C)(O)C3CCC4(O)C5=C(NCC(C)O)C(=O)C6C7CCC8C(C9=C(CCCO)NC(N)C=C9)C=CC(O)(CC34CCO)C5C86CC(O)C7O)C2CC1. The van der Waals surface area contributed by atoms with Crippen molar-refractivity contribution < 1.29 is 60.6 Å². The summed E-state index contributed by atoms with van der Waals surface area (Å²) in [5.41, 5.74) is -2.21. The molecule has 2 heterocycles. The van der Waals surface area contributed by atoms with Crippen LogP contribution in [-0.4, -0.2) is 142 Å². The number of ether oxygens (including phenoxy) is 1. The number of Topliss-reactive ketones (excluding diaryl/α,β-unsaturated/α-hetero) is 1. The first kappa shape index (κ1) is 51.2. The Kier molecular flexibility index (Phi) is 13.6. The number of allylic oxidation sites excluding steroid dienone is 5. The van der Waals surface area contributed by atoms with Gasteiger partial charge in [0.1, 0.15) is 5.60 Å². The highest BCUT2D eigenvalue weighted by Gasteiger charge is 2.81. The Hall–Kier alpha value is -2.25. The first-order chi connectivity index (χ1) is 33.3. The molecule has 1 spiro atoms. The van der Waals surface area contributed by atoms with Crippen LogP contribution in [0.4, 0.5) is 0 Å². The fourth-order valence-electron chi connectivity index (χ4n) is 18.7. The van der Waals surface area contributed by atoms with Crippen molar-refractivity contribution in [2.75, 3.05) is 19.8 Å². The second kappa shape index (κ2) is 18.5. The quantitative estimate of drug-likeness (QED) is 0.118. The number of carbonyl (C=O) groups is 1. The number of aliphatic hydroxyl groups excluding tert-OH is 6. The molecule has 0 aromatic heterocycles. The van der Waals surface area contributed by atoms with Gasteiger partial charge in [0.15, 0.2) is 5.78 Å². The van der Waals surface area contributed by atoms with Crippen LogP contribution in [-0.2, 0) is 9.53 Å². The molecule has 22 unspecified atom stereocenters. The molecule has 15 nitrogen and oxygen atoms in total. The average molecular weight is 980 g/mol. The number of ketones is 1. The lowest BCUT2D eigenvalue weighted by atomic mass is 9.34. The Bertz CT molecular complexity index is 2130. The van der Waals surface area contributed by atoms with Crippen LogP contribution >= 0.6 is 0 Å². The van der Waals surface area contributed by atoms with Crippen molar-refractivity contribution in [1.29, 1.82) is 0 Å². The minimum atomic E-state index is -2.03. The van der Waals surface area contributed by atoms with Crippen LogP contribution in [0.25, 0.3) is 0 Å². The van der Waals surface area contributed by atoms with E-state index in [1.165, 1.54) is 0 Å². The molecule has 70 heavy (non-hydrogen) atoms. The van der Waals surface area contributed by atoms with Gasteiger partial charge in [0.05, 0.1) is 65.3 Å². The van der Waals surface area contributed by atoms with Crippen LogP contribution in [0.15, 0.2) is 46.8 Å². The normalized spacial score (nSPS) is 49.6. The van der Waals surface area contributed by atoms with Crippen molar-refractivity contribution in [2.45, 2.75) is 202 Å². The molecule has 7 fully saturated rings. The third kappa shape index (κ3) is 7.34. The van der Waals surface area contributed by atoms with Crippen molar-refractivity contribution in [1.82, 2.24) is 10.6 Å². The van der Waals surface area contributed by atoms with Crippen molar-refractivity contribution in [3.05, 3.63) is 46.8 Å². The number of nitrogens with two attached hydrogens (primary N) is 1. The van der Waals surface area contributed by atoms with Crippen molar-refractivity contribution in [2.24, 2.45) is 69.8 Å². The zero-order valence-corrected chi connectivity index (χ0v) is 41.8. The molecule has 10 rings (SSSR count). The Balaban J connectivity index is 1.16. The summed E-state index contributed by atoms with van der Waals surface area (Å²) in [5.74, 6) is -4.69. The molecule has 8 aliphatic carbocycles. The molecule has 0 aromatic carbocycles. The summed E-state index contributed by atoms with van der Waals surface area (Å²) in [6.07, 6.45) is 10.4. The van der Waals surface area contributed by atoms with Gasteiger partial charge in [-0.2, -0.15) is 0 Å². The van der Waals surface area contributed by atoms with E-state index in [-0.39, 0.29) is 80.8 Å². The van der Waals surface area contributed by atoms with Crippen molar-refractivity contribution in [3.8, 4) is 0 Å². The second-order valence-electron chi connectivity index (χ2n) is 24.6. The highest BCUT2D eigenvalue weighted by atomic mass is 16.5. The van der Waals surface area contributed by atoms with E-state index >= 15 is 4.79 Å². The van der Waals surface area contributed by atoms with Crippen LogP contribution in [0.3, 0.4) is 0 Å². The van der Waals surface area contributed by atoms with Crippen molar-refractivity contribution >= 4 is 5.78 Å². The van der Waals surface area contributed by atoms with E-state index in [1.807, 2.05) is 18.2 Å². The van der Waals surface area contributed by atoms with E-state index in [9.17, 15) is 51.1 Å². The lowest BCUT2D eigenvalue weighted by Crippen LogP contribution is -2.75. The van der Waals surface area contributed by atoms with Crippen LogP contribution in [0, 0.1) is 64.1 Å². The fourth-order valence-corrected chi connectivity index (χ4v) is 18.7. The third-order valence-electron chi connectivity index (χ3n) is 21.3. The number of dihydropyridines is 1. The zero-order chi connectivity index (χ0) is 49.9. The van der Waals surface area contributed by atoms with Gasteiger partial charge in [0.2, 0.25) is 0 Å². The van der Waals surface area contributed by atoms with Gasteiger partial charge in [-0.25, -0.2) is 0 Å². The molecule has 0 amide bonds. The van der Waals surface area contributed by atoms with E-state index < -0.39 is 118 Å². The summed E-state index contributed by atoms with van der Waals surface area (Å²) in [7, 11) is 0. The van der Waals surface area contributed by atoms with E-state index in [2.05, 4.69) is 17.6 Å². The highest BCUT2D eigenvalue weighted by Crippen LogP contribution is 2.78. The number of fused-ring (bicyclic) bond motifs is 5. The van der Waals surface area contributed by atoms with E-state index in [0.29, 0.717) is 44.4 Å². The number of aliphatic hydroxyl groups is 10. The van der Waals surface area contributed by atoms with Gasteiger partial charge in [0.25, 0.3) is 0 Å². The number of nitrogens with one attached hydrogen (secondary N) is 2. The molecule has 6 saturated carbocycles. The number of rotatable bonds is 13. The molecule has 0 aromatic rings. The molecule has 10 aliphatic rings. The summed E-state index contributed by atoms with van der Waals surface area (Å²) < 4.78 is 7.02. The average Bonchev–Trinajstić information content (AvgIpc) is 3.66. The van der Waals surface area contributed by atoms with Crippen LogP contribution < -0.4 is 16.4 Å². The predicted octanol–water partition coefficient (Wildman–Crippen LogP) is 2.48. The van der Waals surface area contributed by atoms with Crippen LogP contribution in [0.1, 0.15) is 136 Å². The summed E-state index contributed by atoms with van der Waals surface area (Å²) >= 11 is 0. The summed E-state index contributed by atoms with van der Waals surface area (Å²) in [4.78, 5) is 16.0. The minimum Gasteiger partial charge on any atom is -0.396 e. The smallest absolute Gasteiger partial charge is 0.182 e. The largest absolute Gasteiger partial charge is 0.396 e. The zero-order valence-electron chi connectivity index (χ0n) is 41.8. The number of carbonyl (C=O) groups excluding carboxylic acids is 1. The molecule has 15 heteroatoms. The molecule has 0 radical (unpaired) electrons. The Labute approximate surface area is 413 Å². The van der Waals surface area contributed by atoms with E-state index in [4.69, 9.17) is 10.5 Å². The summed E-state index contributed by atoms with van der Waals surface area (Å²) in [6.45, 7) is 4.84. The molecule has 22 atom stereocenters. The molecular weight excluding hydrogens is 895 g/mol. The fraction of sp³-hybridized carbons (Fsp3) is 0.836. The second-order valence-corrected chi connectivity index (χ2v) is 24.6. The molecule has 14 N–H and O–H groups in total. The number of hydrogen-bond acceptors (Lipinski definition) is 15. The van der Waals surface area contributed by atoms with Gasteiger partial charge in [-0.3, -0.25) is 4.79 Å². The van der Waals surface area contributed by atoms with Gasteiger partial charge in [-0.15, -0.1) is 0 Å². The highest BCUT2D eigenvalue weighted by molar-refractivity contribution is 6.00.